The summed E-state index contributed by atoms with van der Waals surface area (Å²) < 4.78 is 8.54. The highest BCUT2D eigenvalue weighted by molar-refractivity contribution is 7.21. The predicted octanol–water partition coefficient (Wildman–Crippen LogP) is 8.25. The molecule has 1 saturated carbocycles. The van der Waals surface area contributed by atoms with Gasteiger partial charge >= 0.3 is 0 Å². The molecule has 1 aromatic heterocycles. The summed E-state index contributed by atoms with van der Waals surface area (Å²) in [7, 11) is 5.31. The van der Waals surface area contributed by atoms with Gasteiger partial charge in [-0.15, -0.1) is 11.3 Å². The highest BCUT2D eigenvalue weighted by atomic mass is 35.5. The van der Waals surface area contributed by atoms with Gasteiger partial charge in [0.2, 0.25) is 5.91 Å². The number of carbonyl (C=O) groups excluding carboxylic acids is 2. The number of amides is 2. The van der Waals surface area contributed by atoms with Crippen LogP contribution in [0.5, 0.6) is 5.75 Å². The molecule has 3 aromatic carbocycles. The largest absolute Gasteiger partial charge is 0.496 e. The van der Waals surface area contributed by atoms with Gasteiger partial charge in [0.05, 0.1) is 12.1 Å². The highest BCUT2D eigenvalue weighted by Crippen LogP contribution is 2.39. The summed E-state index contributed by atoms with van der Waals surface area (Å²) in [6, 6.07) is 22.1. The second-order valence-corrected chi connectivity index (χ2v) is 12.8. The molecule has 0 saturated heterocycles. The molecular weight excluding hydrogens is 589 g/mol. The first-order chi connectivity index (χ1) is 20.2. The zero-order valence-electron chi connectivity index (χ0n) is 24.3. The summed E-state index contributed by atoms with van der Waals surface area (Å²) in [6.07, 6.45) is 3.52. The van der Waals surface area contributed by atoms with E-state index in [-0.39, 0.29) is 23.9 Å². The summed E-state index contributed by atoms with van der Waals surface area (Å²) >= 11 is 14.6. The standard InChI is InChI=1S/C33H35Cl2N3O3S/c1-21(39)36(2)25-12-9-22(10-13-25)23-11-18-29(41-4)24(19-23)20-38(27-16-14-26(15-17-27)37(3)35)33(40)32-31(34)28-7-5-6-8-30(28)42-32/h5-13,18-19,26-27H,14-17,20H2,1-4H3. The molecule has 0 atom stereocenters. The number of rotatable bonds is 8. The molecule has 0 bridgehead atoms. The van der Waals surface area contributed by atoms with E-state index in [1.165, 1.54) is 11.3 Å². The van der Waals surface area contributed by atoms with Crippen LogP contribution in [0.4, 0.5) is 5.69 Å². The molecule has 1 aliphatic carbocycles. The van der Waals surface area contributed by atoms with Crippen molar-refractivity contribution < 1.29 is 14.3 Å². The van der Waals surface area contributed by atoms with E-state index in [1.807, 2.05) is 72.6 Å². The summed E-state index contributed by atoms with van der Waals surface area (Å²) in [4.78, 5) is 30.3. The van der Waals surface area contributed by atoms with E-state index in [0.717, 1.165) is 63.9 Å². The lowest BCUT2D eigenvalue weighted by atomic mass is 9.89. The van der Waals surface area contributed by atoms with Crippen molar-refractivity contribution in [2.75, 3.05) is 26.1 Å². The van der Waals surface area contributed by atoms with Crippen molar-refractivity contribution in [3.05, 3.63) is 82.2 Å². The molecule has 1 heterocycles. The van der Waals surface area contributed by atoms with E-state index in [1.54, 1.807) is 30.4 Å². The monoisotopic (exact) mass is 623 g/mol. The average molecular weight is 625 g/mol. The first-order valence-electron chi connectivity index (χ1n) is 14.1. The minimum Gasteiger partial charge on any atom is -0.496 e. The van der Waals surface area contributed by atoms with Crippen LogP contribution in [0.1, 0.15) is 47.8 Å². The van der Waals surface area contributed by atoms with Gasteiger partial charge in [-0.1, -0.05) is 48.0 Å². The number of benzene rings is 3. The summed E-state index contributed by atoms with van der Waals surface area (Å²) in [5.74, 6) is 0.638. The van der Waals surface area contributed by atoms with Crippen LogP contribution in [-0.4, -0.2) is 54.4 Å². The fourth-order valence-electron chi connectivity index (χ4n) is 5.70. The van der Waals surface area contributed by atoms with Gasteiger partial charge in [-0.3, -0.25) is 9.59 Å². The van der Waals surface area contributed by atoms with E-state index in [2.05, 4.69) is 6.07 Å². The highest BCUT2D eigenvalue weighted by Gasteiger charge is 2.33. The number of nitrogens with zero attached hydrogens (tertiary/aromatic N) is 3. The van der Waals surface area contributed by atoms with Crippen LogP contribution in [0.25, 0.3) is 21.2 Å². The Hall–Kier alpha value is -3.10. The molecule has 6 nitrogen and oxygen atoms in total. The quantitative estimate of drug-likeness (QED) is 0.185. The van der Waals surface area contributed by atoms with E-state index >= 15 is 0 Å². The molecule has 0 aliphatic heterocycles. The van der Waals surface area contributed by atoms with Gasteiger partial charge in [-0.05, 0) is 78.9 Å². The first-order valence-corrected chi connectivity index (χ1v) is 15.6. The van der Waals surface area contributed by atoms with Crippen molar-refractivity contribution in [3.8, 4) is 16.9 Å². The number of carbonyl (C=O) groups is 2. The smallest absolute Gasteiger partial charge is 0.266 e. The van der Waals surface area contributed by atoms with Crippen LogP contribution in [0.15, 0.2) is 66.7 Å². The minimum atomic E-state index is -0.0621. The predicted molar refractivity (Wildman–Crippen MR) is 174 cm³/mol. The van der Waals surface area contributed by atoms with Crippen molar-refractivity contribution >= 4 is 62.3 Å². The Morgan fingerprint density at radius 1 is 0.929 bits per heavy atom. The lowest BCUT2D eigenvalue weighted by Crippen LogP contribution is -2.44. The van der Waals surface area contributed by atoms with Crippen molar-refractivity contribution in [1.82, 2.24) is 9.32 Å². The zero-order valence-corrected chi connectivity index (χ0v) is 26.6. The third-order valence-corrected chi connectivity index (χ3v) is 10.2. The molecule has 5 rings (SSSR count). The molecule has 1 fully saturated rings. The molecule has 9 heteroatoms. The molecule has 0 spiro atoms. The maximum absolute atomic E-state index is 14.3. The van der Waals surface area contributed by atoms with E-state index < -0.39 is 0 Å². The molecule has 220 valence electrons. The van der Waals surface area contributed by atoms with Gasteiger partial charge in [-0.2, -0.15) is 0 Å². The second-order valence-electron chi connectivity index (χ2n) is 10.8. The molecule has 0 radical (unpaired) electrons. The fourth-order valence-corrected chi connectivity index (χ4v) is 7.36. The SMILES string of the molecule is COc1ccc(-c2ccc(N(C)C(C)=O)cc2)cc1CN(C(=O)c1sc2ccccc2c1Cl)C1CCC(N(C)Cl)CC1. The van der Waals surface area contributed by atoms with Crippen LogP contribution < -0.4 is 9.64 Å². The Labute approximate surface area is 261 Å². The van der Waals surface area contributed by atoms with Crippen LogP contribution in [0.3, 0.4) is 0 Å². The van der Waals surface area contributed by atoms with Crippen LogP contribution in [-0.2, 0) is 11.3 Å². The van der Waals surface area contributed by atoms with E-state index in [0.29, 0.717) is 16.4 Å². The lowest BCUT2D eigenvalue weighted by Gasteiger charge is -2.38. The van der Waals surface area contributed by atoms with Crippen LogP contribution >= 0.6 is 34.7 Å². The molecule has 2 amide bonds. The fraction of sp³-hybridized carbons (Fsp3) is 0.333. The molecular formula is C33H35Cl2N3O3S. The Balaban J connectivity index is 1.49. The zero-order chi connectivity index (χ0) is 30.0. The Morgan fingerprint density at radius 2 is 1.57 bits per heavy atom. The number of fused-ring (bicyclic) bond motifs is 1. The number of hydrogen-bond acceptors (Lipinski definition) is 5. The lowest BCUT2D eigenvalue weighted by molar-refractivity contribution is -0.116. The van der Waals surface area contributed by atoms with Crippen LogP contribution in [0, 0.1) is 0 Å². The molecule has 4 aromatic rings. The normalized spacial score (nSPS) is 16.9. The van der Waals surface area contributed by atoms with Crippen molar-refractivity contribution in [3.63, 3.8) is 0 Å². The second kappa shape index (κ2) is 13.0. The van der Waals surface area contributed by atoms with E-state index in [9.17, 15) is 9.59 Å². The van der Waals surface area contributed by atoms with Crippen LogP contribution in [0.2, 0.25) is 5.02 Å². The van der Waals surface area contributed by atoms with Gasteiger partial charge in [0.15, 0.2) is 0 Å². The van der Waals surface area contributed by atoms with Gasteiger partial charge in [0.25, 0.3) is 5.91 Å². The van der Waals surface area contributed by atoms with Crippen molar-refractivity contribution in [1.29, 1.82) is 0 Å². The number of anilines is 1. The number of hydrogen-bond donors (Lipinski definition) is 0. The van der Waals surface area contributed by atoms with E-state index in [4.69, 9.17) is 28.1 Å². The summed E-state index contributed by atoms with van der Waals surface area (Å²) in [5, 5.41) is 1.41. The van der Waals surface area contributed by atoms with Crippen molar-refractivity contribution in [2.45, 2.75) is 51.2 Å². The Morgan fingerprint density at radius 3 is 2.19 bits per heavy atom. The maximum Gasteiger partial charge on any atom is 0.266 e. The van der Waals surface area contributed by atoms with Gasteiger partial charge < -0.3 is 14.5 Å². The number of methoxy groups -OCH3 is 1. The number of ether oxygens (including phenoxy) is 1. The third-order valence-electron chi connectivity index (χ3n) is 8.28. The van der Waals surface area contributed by atoms with Gasteiger partial charge in [0.1, 0.15) is 10.6 Å². The maximum atomic E-state index is 14.3. The number of halogens is 2. The van der Waals surface area contributed by atoms with Gasteiger partial charge in [0, 0.05) is 61.0 Å². The topological polar surface area (TPSA) is 53.1 Å². The molecule has 42 heavy (non-hydrogen) atoms. The Kier molecular flexibility index (Phi) is 9.43. The van der Waals surface area contributed by atoms with Gasteiger partial charge in [-0.25, -0.2) is 4.42 Å². The molecule has 0 unspecified atom stereocenters. The third kappa shape index (κ3) is 6.30. The Bertz CT molecular complexity index is 1580. The van der Waals surface area contributed by atoms with Crippen molar-refractivity contribution in [2.24, 2.45) is 0 Å². The first kappa shape index (κ1) is 30.4. The average Bonchev–Trinajstić information content (AvgIpc) is 3.35. The number of thiophene rings is 1. The summed E-state index contributed by atoms with van der Waals surface area (Å²) in [5.41, 5.74) is 3.76. The molecule has 1 aliphatic rings. The molecule has 0 N–H and O–H groups in total. The summed E-state index contributed by atoms with van der Waals surface area (Å²) in [6.45, 7) is 1.93. The minimum absolute atomic E-state index is 0.0234.